The van der Waals surface area contributed by atoms with Crippen LogP contribution in [0.2, 0.25) is 0 Å². The number of fused-ring (bicyclic) bond motifs is 4. The minimum Gasteiger partial charge on any atom is -0.456 e. The minimum absolute atomic E-state index is 0.876. The molecule has 0 atom stereocenters. The molecule has 0 saturated carbocycles. The Morgan fingerprint density at radius 2 is 1.00 bits per heavy atom. The van der Waals surface area contributed by atoms with E-state index >= 15 is 0 Å². The predicted octanol–water partition coefficient (Wildman–Crippen LogP) is 13.2. The summed E-state index contributed by atoms with van der Waals surface area (Å²) in [7, 11) is 0. The van der Waals surface area contributed by atoms with Crippen LogP contribution in [-0.2, 0) is 0 Å². The van der Waals surface area contributed by atoms with Crippen molar-refractivity contribution in [1.29, 1.82) is 0 Å². The first-order chi connectivity index (χ1) is 23.8. The van der Waals surface area contributed by atoms with E-state index in [1.54, 1.807) is 0 Å². The van der Waals surface area contributed by atoms with Gasteiger partial charge in [0.15, 0.2) is 0 Å². The van der Waals surface area contributed by atoms with Crippen molar-refractivity contribution in [2.45, 2.75) is 0 Å². The zero-order valence-electron chi connectivity index (χ0n) is 26.3. The molecule has 0 aliphatic rings. The third-order valence-corrected chi connectivity index (χ3v) is 9.25. The largest absolute Gasteiger partial charge is 0.456 e. The Morgan fingerprint density at radius 1 is 0.354 bits per heavy atom. The molecule has 0 bridgehead atoms. The number of furan rings is 1. The number of anilines is 3. The van der Waals surface area contributed by atoms with Crippen LogP contribution in [0.3, 0.4) is 0 Å². The van der Waals surface area contributed by atoms with Crippen LogP contribution in [0.4, 0.5) is 17.1 Å². The average Bonchev–Trinajstić information content (AvgIpc) is 3.61. The molecule has 0 N–H and O–H groups in total. The number of nitrogens with zero attached hydrogens (tertiary/aromatic N) is 1. The number of hydrogen-bond donors (Lipinski definition) is 0. The van der Waals surface area contributed by atoms with Crippen LogP contribution in [0, 0.1) is 0 Å². The molecule has 9 rings (SSSR count). The number of rotatable bonds is 6. The molecule has 1 heterocycles. The molecule has 0 saturated heterocycles. The molecule has 8 aromatic carbocycles. The quantitative estimate of drug-likeness (QED) is 0.174. The molecule has 0 unspecified atom stereocenters. The second-order valence-electron chi connectivity index (χ2n) is 12.2. The van der Waals surface area contributed by atoms with E-state index in [4.69, 9.17) is 4.42 Å². The van der Waals surface area contributed by atoms with Gasteiger partial charge in [-0.1, -0.05) is 146 Å². The summed E-state index contributed by atoms with van der Waals surface area (Å²) in [6, 6.07) is 67.0. The van der Waals surface area contributed by atoms with Crippen LogP contribution in [0.25, 0.3) is 66.1 Å². The van der Waals surface area contributed by atoms with E-state index in [0.717, 1.165) is 50.5 Å². The van der Waals surface area contributed by atoms with E-state index in [1.807, 2.05) is 18.2 Å². The van der Waals surface area contributed by atoms with Crippen molar-refractivity contribution < 1.29 is 4.42 Å². The Balaban J connectivity index is 1.20. The summed E-state index contributed by atoms with van der Waals surface area (Å²) in [5.74, 6) is 0.876. The Hall–Kier alpha value is -6.38. The van der Waals surface area contributed by atoms with Gasteiger partial charge < -0.3 is 9.32 Å². The van der Waals surface area contributed by atoms with Gasteiger partial charge >= 0.3 is 0 Å². The maximum absolute atomic E-state index is 6.20. The van der Waals surface area contributed by atoms with Gasteiger partial charge in [-0.3, -0.25) is 0 Å². The van der Waals surface area contributed by atoms with Gasteiger partial charge in [0.05, 0.1) is 11.4 Å². The second-order valence-corrected chi connectivity index (χ2v) is 12.2. The van der Waals surface area contributed by atoms with E-state index in [-0.39, 0.29) is 0 Å². The number of para-hydroxylation sites is 2. The smallest absolute Gasteiger partial charge is 0.135 e. The van der Waals surface area contributed by atoms with E-state index in [2.05, 4.69) is 175 Å². The fourth-order valence-electron chi connectivity index (χ4n) is 6.94. The lowest BCUT2D eigenvalue weighted by Crippen LogP contribution is -2.12. The molecule has 0 amide bonds. The first kappa shape index (κ1) is 27.9. The Bertz CT molecular complexity index is 2530. The first-order valence-electron chi connectivity index (χ1n) is 16.3. The van der Waals surface area contributed by atoms with Gasteiger partial charge in [-0.15, -0.1) is 0 Å². The monoisotopic (exact) mass is 613 g/mol. The molecule has 2 heteroatoms. The summed E-state index contributed by atoms with van der Waals surface area (Å²) < 4.78 is 6.20. The van der Waals surface area contributed by atoms with Crippen molar-refractivity contribution in [1.82, 2.24) is 0 Å². The van der Waals surface area contributed by atoms with E-state index < -0.39 is 0 Å². The van der Waals surface area contributed by atoms with Crippen LogP contribution in [0.15, 0.2) is 192 Å². The zero-order chi connectivity index (χ0) is 31.9. The van der Waals surface area contributed by atoms with E-state index in [9.17, 15) is 0 Å². The standard InChI is InChI=1S/C46H31NO/c1-2-13-33(14-3-1)40-20-9-10-23-43(40)47(44-30-35-15-4-6-19-39(35)41-21-7-8-22-42(41)44)38-27-25-32(26-28-38)34-17-12-18-36(29-34)46-31-37-16-5-11-24-45(37)48-46/h1-31H. The molecule has 0 aliphatic carbocycles. The summed E-state index contributed by atoms with van der Waals surface area (Å²) in [5.41, 5.74) is 9.99. The van der Waals surface area contributed by atoms with Gasteiger partial charge in [0, 0.05) is 27.6 Å². The van der Waals surface area contributed by atoms with Crippen LogP contribution in [-0.4, -0.2) is 0 Å². The van der Waals surface area contributed by atoms with Crippen LogP contribution in [0.5, 0.6) is 0 Å². The first-order valence-corrected chi connectivity index (χ1v) is 16.3. The van der Waals surface area contributed by atoms with Crippen molar-refractivity contribution >= 4 is 49.6 Å². The highest BCUT2D eigenvalue weighted by Gasteiger charge is 2.20. The summed E-state index contributed by atoms with van der Waals surface area (Å²) in [6.07, 6.45) is 0. The molecule has 1 aromatic heterocycles. The lowest BCUT2D eigenvalue weighted by Gasteiger charge is -2.29. The SMILES string of the molecule is c1ccc(-c2ccccc2N(c2ccc(-c3cccc(-c4cc5ccccc5o4)c3)cc2)c2cc3ccccc3c3ccccc23)cc1. The van der Waals surface area contributed by atoms with Gasteiger partial charge in [0.1, 0.15) is 11.3 Å². The highest BCUT2D eigenvalue weighted by Crippen LogP contribution is 2.45. The van der Waals surface area contributed by atoms with E-state index in [1.165, 1.54) is 32.7 Å². The molecule has 2 nitrogen and oxygen atoms in total. The molecule has 0 radical (unpaired) electrons. The third-order valence-electron chi connectivity index (χ3n) is 9.25. The minimum atomic E-state index is 0.876. The maximum Gasteiger partial charge on any atom is 0.135 e. The highest BCUT2D eigenvalue weighted by atomic mass is 16.3. The predicted molar refractivity (Wildman–Crippen MR) is 202 cm³/mol. The molecular weight excluding hydrogens is 583 g/mol. The summed E-state index contributed by atoms with van der Waals surface area (Å²) in [4.78, 5) is 2.42. The van der Waals surface area contributed by atoms with Crippen LogP contribution >= 0.6 is 0 Å². The summed E-state index contributed by atoms with van der Waals surface area (Å²) in [5, 5.41) is 6.04. The van der Waals surface area contributed by atoms with Gasteiger partial charge in [0.25, 0.3) is 0 Å². The number of benzene rings is 8. The van der Waals surface area contributed by atoms with E-state index in [0.29, 0.717) is 0 Å². The van der Waals surface area contributed by atoms with Crippen LogP contribution < -0.4 is 4.90 Å². The normalized spacial score (nSPS) is 11.3. The lowest BCUT2D eigenvalue weighted by atomic mass is 9.97. The Kier molecular flexibility index (Phi) is 6.84. The molecule has 226 valence electrons. The molecule has 0 spiro atoms. The fourth-order valence-corrected chi connectivity index (χ4v) is 6.94. The fraction of sp³-hybridized carbons (Fsp3) is 0. The number of hydrogen-bond acceptors (Lipinski definition) is 2. The van der Waals surface area contributed by atoms with Gasteiger partial charge in [-0.05, 0) is 75.3 Å². The average molecular weight is 614 g/mol. The van der Waals surface area contributed by atoms with Gasteiger partial charge in [0.2, 0.25) is 0 Å². The van der Waals surface area contributed by atoms with Crippen molar-refractivity contribution in [2.75, 3.05) is 4.90 Å². The van der Waals surface area contributed by atoms with Crippen LogP contribution in [0.1, 0.15) is 0 Å². The summed E-state index contributed by atoms with van der Waals surface area (Å²) >= 11 is 0. The highest BCUT2D eigenvalue weighted by molar-refractivity contribution is 6.15. The molecule has 48 heavy (non-hydrogen) atoms. The second kappa shape index (κ2) is 11.8. The summed E-state index contributed by atoms with van der Waals surface area (Å²) in [6.45, 7) is 0. The molecular formula is C46H31NO. The molecule has 0 fully saturated rings. The van der Waals surface area contributed by atoms with Crippen molar-refractivity contribution in [2.24, 2.45) is 0 Å². The van der Waals surface area contributed by atoms with Gasteiger partial charge in [-0.25, -0.2) is 0 Å². The van der Waals surface area contributed by atoms with Crippen molar-refractivity contribution in [3.8, 4) is 33.6 Å². The van der Waals surface area contributed by atoms with Crippen molar-refractivity contribution in [3.05, 3.63) is 188 Å². The Labute approximate surface area is 279 Å². The topological polar surface area (TPSA) is 16.4 Å². The zero-order valence-corrected chi connectivity index (χ0v) is 26.3. The molecule has 0 aliphatic heterocycles. The van der Waals surface area contributed by atoms with Gasteiger partial charge in [-0.2, -0.15) is 0 Å². The third kappa shape index (κ3) is 4.92. The maximum atomic E-state index is 6.20. The Morgan fingerprint density at radius 3 is 1.83 bits per heavy atom. The lowest BCUT2D eigenvalue weighted by molar-refractivity contribution is 0.631. The molecule has 9 aromatic rings. The van der Waals surface area contributed by atoms with Crippen molar-refractivity contribution in [3.63, 3.8) is 0 Å².